The third kappa shape index (κ3) is 6.17. The third-order valence-electron chi connectivity index (χ3n) is 4.26. The first-order valence-corrected chi connectivity index (χ1v) is 8.69. The monoisotopic (exact) mass is 324 g/mol. The van der Waals surface area contributed by atoms with Crippen molar-refractivity contribution >= 4 is 5.91 Å². The van der Waals surface area contributed by atoms with E-state index in [1.54, 1.807) is 0 Å². The second-order valence-electron chi connectivity index (χ2n) is 6.39. The number of amides is 1. The first-order chi connectivity index (χ1) is 11.7. The van der Waals surface area contributed by atoms with Gasteiger partial charge in [0.15, 0.2) is 0 Å². The van der Waals surface area contributed by atoms with E-state index < -0.39 is 0 Å². The first-order valence-electron chi connectivity index (χ1n) is 8.69. The van der Waals surface area contributed by atoms with Crippen LogP contribution in [0.5, 0.6) is 0 Å². The lowest BCUT2D eigenvalue weighted by molar-refractivity contribution is -0.121. The average molecular weight is 324 g/mol. The van der Waals surface area contributed by atoms with Crippen molar-refractivity contribution in [1.82, 2.24) is 10.2 Å². The molecule has 0 heterocycles. The van der Waals surface area contributed by atoms with Crippen LogP contribution in [0, 0.1) is 0 Å². The summed E-state index contributed by atoms with van der Waals surface area (Å²) in [6.07, 6.45) is 3.62. The van der Waals surface area contributed by atoms with Gasteiger partial charge in [-0.3, -0.25) is 4.79 Å². The Balaban J connectivity index is 1.70. The van der Waals surface area contributed by atoms with Gasteiger partial charge in [0.25, 0.3) is 0 Å². The molecule has 1 unspecified atom stereocenters. The predicted octanol–water partition coefficient (Wildman–Crippen LogP) is 3.82. The van der Waals surface area contributed by atoms with Crippen molar-refractivity contribution in [2.75, 3.05) is 20.6 Å². The highest BCUT2D eigenvalue weighted by atomic mass is 16.1. The minimum atomic E-state index is 0.144. The number of carbonyl (C=O) groups is 1. The number of nitrogens with one attached hydrogen (secondary N) is 1. The molecule has 3 nitrogen and oxygen atoms in total. The number of nitrogens with zero attached hydrogens (tertiary/aromatic N) is 1. The Morgan fingerprint density at radius 2 is 1.58 bits per heavy atom. The molecule has 0 bridgehead atoms. The maximum Gasteiger partial charge on any atom is 0.220 e. The number of likely N-dealkylation sites (N-methyl/N-ethyl adjacent to an activating group) is 1. The number of benzene rings is 2. The standard InChI is InChI=1S/C21H28N2O/c1-23(2)20(19-14-7-4-8-15-19)17-22-21(24)16-10-9-13-18-11-5-3-6-12-18/h3-8,11-12,14-15,20H,9-10,13,16-17H2,1-2H3,(H,22,24). The molecular weight excluding hydrogens is 296 g/mol. The summed E-state index contributed by atoms with van der Waals surface area (Å²) in [5.41, 5.74) is 2.57. The number of rotatable bonds is 9. The lowest BCUT2D eigenvalue weighted by Gasteiger charge is -2.25. The van der Waals surface area contributed by atoms with E-state index in [-0.39, 0.29) is 11.9 Å². The zero-order valence-electron chi connectivity index (χ0n) is 14.7. The Morgan fingerprint density at radius 1 is 0.958 bits per heavy atom. The minimum Gasteiger partial charge on any atom is -0.354 e. The number of aryl methyl sites for hydroxylation is 1. The molecule has 1 atom stereocenters. The molecule has 3 heteroatoms. The van der Waals surface area contributed by atoms with Gasteiger partial charge >= 0.3 is 0 Å². The van der Waals surface area contributed by atoms with Gasteiger partial charge in [-0.2, -0.15) is 0 Å². The fraction of sp³-hybridized carbons (Fsp3) is 0.381. The molecule has 0 saturated carbocycles. The van der Waals surface area contributed by atoms with Crippen molar-refractivity contribution in [3.05, 3.63) is 71.8 Å². The second kappa shape index (κ2) is 9.89. The normalized spacial score (nSPS) is 12.1. The SMILES string of the molecule is CN(C)C(CNC(=O)CCCCc1ccccc1)c1ccccc1. The molecule has 0 radical (unpaired) electrons. The van der Waals surface area contributed by atoms with Crippen LogP contribution < -0.4 is 5.32 Å². The number of hydrogen-bond donors (Lipinski definition) is 1. The molecule has 0 aromatic heterocycles. The van der Waals surface area contributed by atoms with Gasteiger partial charge in [-0.1, -0.05) is 60.7 Å². The van der Waals surface area contributed by atoms with E-state index in [1.165, 1.54) is 11.1 Å². The van der Waals surface area contributed by atoms with E-state index >= 15 is 0 Å². The Kier molecular flexibility index (Phi) is 7.50. The van der Waals surface area contributed by atoms with Crippen LogP contribution in [0.15, 0.2) is 60.7 Å². The number of carbonyl (C=O) groups excluding carboxylic acids is 1. The molecule has 24 heavy (non-hydrogen) atoms. The van der Waals surface area contributed by atoms with Gasteiger partial charge in [0, 0.05) is 13.0 Å². The quantitative estimate of drug-likeness (QED) is 0.711. The second-order valence-corrected chi connectivity index (χ2v) is 6.39. The molecule has 0 aliphatic rings. The van der Waals surface area contributed by atoms with Crippen molar-refractivity contribution in [2.24, 2.45) is 0 Å². The Labute approximate surface area is 145 Å². The minimum absolute atomic E-state index is 0.144. The van der Waals surface area contributed by atoms with Crippen LogP contribution in [-0.4, -0.2) is 31.4 Å². The van der Waals surface area contributed by atoms with Gasteiger partial charge in [0.2, 0.25) is 5.91 Å². The summed E-state index contributed by atoms with van der Waals surface area (Å²) in [4.78, 5) is 14.2. The molecule has 0 aliphatic heterocycles. The highest BCUT2D eigenvalue weighted by Crippen LogP contribution is 2.16. The van der Waals surface area contributed by atoms with E-state index in [0.717, 1.165) is 19.3 Å². The van der Waals surface area contributed by atoms with Crippen LogP contribution in [0.2, 0.25) is 0 Å². The summed E-state index contributed by atoms with van der Waals surface area (Å²) >= 11 is 0. The van der Waals surface area contributed by atoms with Gasteiger partial charge < -0.3 is 10.2 Å². The van der Waals surface area contributed by atoms with Crippen LogP contribution in [0.1, 0.15) is 36.4 Å². The molecule has 128 valence electrons. The Bertz CT molecular complexity index is 596. The van der Waals surface area contributed by atoms with Gasteiger partial charge in [0.1, 0.15) is 0 Å². The van der Waals surface area contributed by atoms with E-state index in [2.05, 4.69) is 46.6 Å². The maximum absolute atomic E-state index is 12.1. The van der Waals surface area contributed by atoms with Crippen LogP contribution in [0.3, 0.4) is 0 Å². The fourth-order valence-electron chi connectivity index (χ4n) is 2.83. The van der Waals surface area contributed by atoms with Crippen molar-refractivity contribution in [3.63, 3.8) is 0 Å². The van der Waals surface area contributed by atoms with Crippen molar-refractivity contribution in [3.8, 4) is 0 Å². The Hall–Kier alpha value is -2.13. The zero-order chi connectivity index (χ0) is 17.2. The molecule has 2 rings (SSSR count). The largest absolute Gasteiger partial charge is 0.354 e. The summed E-state index contributed by atoms with van der Waals surface area (Å²) in [7, 11) is 4.09. The van der Waals surface area contributed by atoms with Gasteiger partial charge in [0.05, 0.1) is 6.04 Å². The lowest BCUT2D eigenvalue weighted by atomic mass is 10.1. The smallest absolute Gasteiger partial charge is 0.220 e. The van der Waals surface area contributed by atoms with E-state index in [4.69, 9.17) is 0 Å². The molecule has 2 aromatic rings. The summed E-state index contributed by atoms with van der Waals surface area (Å²) in [5, 5.41) is 3.08. The summed E-state index contributed by atoms with van der Waals surface area (Å²) in [5.74, 6) is 0.144. The lowest BCUT2D eigenvalue weighted by Crippen LogP contribution is -2.34. The summed E-state index contributed by atoms with van der Waals surface area (Å²) in [6, 6.07) is 21.0. The van der Waals surface area contributed by atoms with Crippen LogP contribution in [0.4, 0.5) is 0 Å². The summed E-state index contributed by atoms with van der Waals surface area (Å²) < 4.78 is 0. The van der Waals surface area contributed by atoms with E-state index in [0.29, 0.717) is 13.0 Å². The molecule has 0 saturated heterocycles. The van der Waals surface area contributed by atoms with Crippen LogP contribution >= 0.6 is 0 Å². The van der Waals surface area contributed by atoms with Crippen LogP contribution in [0.25, 0.3) is 0 Å². The third-order valence-corrected chi connectivity index (χ3v) is 4.26. The summed E-state index contributed by atoms with van der Waals surface area (Å²) in [6.45, 7) is 0.647. The topological polar surface area (TPSA) is 32.3 Å². The van der Waals surface area contributed by atoms with Crippen LogP contribution in [-0.2, 0) is 11.2 Å². The average Bonchev–Trinajstić information content (AvgIpc) is 2.60. The molecule has 2 aromatic carbocycles. The van der Waals surface area contributed by atoms with Crippen molar-refractivity contribution in [2.45, 2.75) is 31.7 Å². The number of hydrogen-bond acceptors (Lipinski definition) is 2. The molecule has 0 aliphatic carbocycles. The number of unbranched alkanes of at least 4 members (excludes halogenated alkanes) is 1. The van der Waals surface area contributed by atoms with E-state index in [9.17, 15) is 4.79 Å². The molecule has 1 amide bonds. The van der Waals surface area contributed by atoms with Crippen molar-refractivity contribution in [1.29, 1.82) is 0 Å². The maximum atomic E-state index is 12.1. The zero-order valence-corrected chi connectivity index (χ0v) is 14.7. The highest BCUT2D eigenvalue weighted by Gasteiger charge is 2.14. The van der Waals surface area contributed by atoms with Gasteiger partial charge in [-0.15, -0.1) is 0 Å². The van der Waals surface area contributed by atoms with Crippen molar-refractivity contribution < 1.29 is 4.79 Å². The molecular formula is C21H28N2O. The molecule has 0 spiro atoms. The van der Waals surface area contributed by atoms with Gasteiger partial charge in [-0.25, -0.2) is 0 Å². The van der Waals surface area contributed by atoms with E-state index in [1.807, 2.05) is 38.4 Å². The Morgan fingerprint density at radius 3 is 2.21 bits per heavy atom. The molecule has 0 fully saturated rings. The molecule has 1 N–H and O–H groups in total. The first kappa shape index (κ1) is 18.2. The fourth-order valence-corrected chi connectivity index (χ4v) is 2.83. The highest BCUT2D eigenvalue weighted by molar-refractivity contribution is 5.75. The predicted molar refractivity (Wildman–Crippen MR) is 99.9 cm³/mol. The van der Waals surface area contributed by atoms with Gasteiger partial charge in [-0.05, 0) is 44.5 Å².